The zero-order chi connectivity index (χ0) is 11.4. The fraction of sp³-hybridized carbons (Fsp3) is 0.400. The third kappa shape index (κ3) is 2.89. The third-order valence-electron chi connectivity index (χ3n) is 2.14. The third-order valence-corrected chi connectivity index (χ3v) is 2.14. The molecule has 0 saturated carbocycles. The van der Waals surface area contributed by atoms with Crippen molar-refractivity contribution in [3.8, 4) is 5.75 Å². The summed E-state index contributed by atoms with van der Waals surface area (Å²) >= 11 is 0. The Labute approximate surface area is 86.8 Å². The summed E-state index contributed by atoms with van der Waals surface area (Å²) in [4.78, 5) is 0. The van der Waals surface area contributed by atoms with Crippen molar-refractivity contribution in [2.45, 2.75) is 18.6 Å². The van der Waals surface area contributed by atoms with Crippen LogP contribution in [-0.2, 0) is 0 Å². The van der Waals surface area contributed by atoms with Gasteiger partial charge in [0.15, 0.2) is 0 Å². The molecule has 84 valence electrons. The van der Waals surface area contributed by atoms with Crippen LogP contribution in [0.2, 0.25) is 0 Å². The van der Waals surface area contributed by atoms with E-state index < -0.39 is 18.0 Å². The van der Waals surface area contributed by atoms with Gasteiger partial charge < -0.3 is 21.1 Å². The first-order valence-electron chi connectivity index (χ1n) is 4.61. The molecule has 15 heavy (non-hydrogen) atoms. The van der Waals surface area contributed by atoms with E-state index >= 15 is 0 Å². The van der Waals surface area contributed by atoms with Crippen LogP contribution in [0.5, 0.6) is 5.75 Å². The van der Waals surface area contributed by atoms with Gasteiger partial charge in [0.1, 0.15) is 17.7 Å². The Bertz CT molecular complexity index is 332. The molecular weight excluding hydrogens is 201 g/mol. The molecule has 0 bridgehead atoms. The van der Waals surface area contributed by atoms with Crippen molar-refractivity contribution in [2.24, 2.45) is 5.73 Å². The lowest BCUT2D eigenvalue weighted by Gasteiger charge is -2.18. The molecule has 5 N–H and O–H groups in total. The zero-order valence-corrected chi connectivity index (χ0v) is 8.10. The van der Waals surface area contributed by atoms with Gasteiger partial charge in [-0.25, -0.2) is 4.39 Å². The van der Waals surface area contributed by atoms with E-state index in [1.54, 1.807) is 0 Å². The molecule has 0 aromatic heterocycles. The predicted octanol–water partition coefficient (Wildman–Crippen LogP) is 0.274. The molecule has 0 aliphatic carbocycles. The van der Waals surface area contributed by atoms with Crippen molar-refractivity contribution < 1.29 is 19.7 Å². The van der Waals surface area contributed by atoms with E-state index in [0.717, 1.165) is 12.1 Å². The Kier molecular flexibility index (Phi) is 4.02. The molecule has 2 atom stereocenters. The summed E-state index contributed by atoms with van der Waals surface area (Å²) in [6, 6.07) is 3.22. The molecule has 1 rings (SSSR count). The van der Waals surface area contributed by atoms with Gasteiger partial charge in [-0.15, -0.1) is 0 Å². The molecule has 5 heteroatoms. The Morgan fingerprint density at radius 1 is 1.33 bits per heavy atom. The SMILES string of the molecule is NCCC(O)C(O)c1ccc(F)cc1O. The monoisotopic (exact) mass is 215 g/mol. The quantitative estimate of drug-likeness (QED) is 0.581. The van der Waals surface area contributed by atoms with Gasteiger partial charge in [0.2, 0.25) is 0 Å². The number of phenolic OH excluding ortho intramolecular Hbond substituents is 1. The minimum atomic E-state index is -1.26. The molecule has 0 radical (unpaired) electrons. The van der Waals surface area contributed by atoms with Crippen LogP contribution in [0, 0.1) is 5.82 Å². The molecule has 4 nitrogen and oxygen atoms in total. The van der Waals surface area contributed by atoms with Crippen molar-refractivity contribution in [1.29, 1.82) is 0 Å². The first-order chi connectivity index (χ1) is 7.06. The molecule has 0 fully saturated rings. The predicted molar refractivity (Wildman–Crippen MR) is 52.7 cm³/mol. The smallest absolute Gasteiger partial charge is 0.126 e. The highest BCUT2D eigenvalue weighted by Gasteiger charge is 2.20. The van der Waals surface area contributed by atoms with E-state index in [4.69, 9.17) is 5.73 Å². The van der Waals surface area contributed by atoms with Crippen molar-refractivity contribution in [3.05, 3.63) is 29.6 Å². The minimum Gasteiger partial charge on any atom is -0.507 e. The lowest BCUT2D eigenvalue weighted by atomic mass is 10.0. The number of aromatic hydroxyl groups is 1. The molecule has 0 saturated heterocycles. The fourth-order valence-electron chi connectivity index (χ4n) is 1.30. The number of benzene rings is 1. The first kappa shape index (κ1) is 11.9. The van der Waals surface area contributed by atoms with Crippen molar-refractivity contribution in [2.75, 3.05) is 6.54 Å². The molecule has 0 spiro atoms. The first-order valence-corrected chi connectivity index (χ1v) is 4.61. The van der Waals surface area contributed by atoms with Gasteiger partial charge in [-0.05, 0) is 25.1 Å². The van der Waals surface area contributed by atoms with Crippen LogP contribution in [0.25, 0.3) is 0 Å². The van der Waals surface area contributed by atoms with Gasteiger partial charge in [-0.1, -0.05) is 0 Å². The second-order valence-corrected chi connectivity index (χ2v) is 3.29. The molecule has 0 heterocycles. The van der Waals surface area contributed by atoms with Crippen LogP contribution in [0.3, 0.4) is 0 Å². The van der Waals surface area contributed by atoms with E-state index in [2.05, 4.69) is 0 Å². The maximum atomic E-state index is 12.6. The molecule has 2 unspecified atom stereocenters. The standard InChI is InChI=1S/C10H14FNO3/c11-6-1-2-7(9(14)5-6)10(15)8(13)3-4-12/h1-2,5,8,10,13-15H,3-4,12H2. The van der Waals surface area contributed by atoms with E-state index in [1.165, 1.54) is 6.07 Å². The number of aliphatic hydroxyl groups is 2. The van der Waals surface area contributed by atoms with Gasteiger partial charge in [-0.3, -0.25) is 0 Å². The van der Waals surface area contributed by atoms with Gasteiger partial charge in [0.25, 0.3) is 0 Å². The highest BCUT2D eigenvalue weighted by Crippen LogP contribution is 2.27. The Morgan fingerprint density at radius 2 is 2.00 bits per heavy atom. The molecule has 1 aromatic carbocycles. The summed E-state index contributed by atoms with van der Waals surface area (Å²) in [7, 11) is 0. The molecule has 0 amide bonds. The number of phenols is 1. The minimum absolute atomic E-state index is 0.0948. The Hall–Kier alpha value is -1.17. The molecule has 0 aliphatic heterocycles. The van der Waals surface area contributed by atoms with Crippen LogP contribution < -0.4 is 5.73 Å². The summed E-state index contributed by atoms with van der Waals surface area (Å²) in [6.45, 7) is 0.222. The Morgan fingerprint density at radius 3 is 2.53 bits per heavy atom. The maximum Gasteiger partial charge on any atom is 0.126 e. The van der Waals surface area contributed by atoms with E-state index in [0.29, 0.717) is 0 Å². The maximum absolute atomic E-state index is 12.6. The number of halogens is 1. The lowest BCUT2D eigenvalue weighted by molar-refractivity contribution is 0.0137. The largest absolute Gasteiger partial charge is 0.507 e. The number of hydrogen-bond acceptors (Lipinski definition) is 4. The summed E-state index contributed by atoms with van der Waals surface area (Å²) in [5.74, 6) is -0.977. The second kappa shape index (κ2) is 5.06. The normalized spacial score (nSPS) is 14.9. The number of rotatable bonds is 4. The Balaban J connectivity index is 2.86. The molecule has 1 aromatic rings. The lowest BCUT2D eigenvalue weighted by Crippen LogP contribution is -2.21. The summed E-state index contributed by atoms with van der Waals surface area (Å²) in [5.41, 5.74) is 5.31. The zero-order valence-electron chi connectivity index (χ0n) is 8.10. The average Bonchev–Trinajstić information content (AvgIpc) is 2.17. The van der Waals surface area contributed by atoms with Gasteiger partial charge >= 0.3 is 0 Å². The highest BCUT2D eigenvalue weighted by atomic mass is 19.1. The van der Waals surface area contributed by atoms with Gasteiger partial charge in [0.05, 0.1) is 6.10 Å². The van der Waals surface area contributed by atoms with Gasteiger partial charge in [0, 0.05) is 11.6 Å². The highest BCUT2D eigenvalue weighted by molar-refractivity contribution is 5.34. The van der Waals surface area contributed by atoms with Crippen LogP contribution in [0.4, 0.5) is 4.39 Å². The molecule has 0 aliphatic rings. The topological polar surface area (TPSA) is 86.7 Å². The van der Waals surface area contributed by atoms with Crippen LogP contribution in [0.15, 0.2) is 18.2 Å². The summed E-state index contributed by atoms with van der Waals surface area (Å²) < 4.78 is 12.6. The van der Waals surface area contributed by atoms with Crippen molar-refractivity contribution >= 4 is 0 Å². The number of nitrogens with two attached hydrogens (primary N) is 1. The number of aliphatic hydroxyl groups excluding tert-OH is 2. The molecular formula is C10H14FNO3. The summed E-state index contributed by atoms with van der Waals surface area (Å²) in [6.07, 6.45) is -2.11. The van der Waals surface area contributed by atoms with E-state index in [-0.39, 0.29) is 24.3 Å². The van der Waals surface area contributed by atoms with Crippen molar-refractivity contribution in [1.82, 2.24) is 0 Å². The second-order valence-electron chi connectivity index (χ2n) is 3.29. The van der Waals surface area contributed by atoms with Crippen LogP contribution in [0.1, 0.15) is 18.1 Å². The van der Waals surface area contributed by atoms with E-state index in [1.807, 2.05) is 0 Å². The van der Waals surface area contributed by atoms with E-state index in [9.17, 15) is 19.7 Å². The average molecular weight is 215 g/mol. The summed E-state index contributed by atoms with van der Waals surface area (Å²) in [5, 5.41) is 28.4. The number of hydrogen-bond donors (Lipinski definition) is 4. The van der Waals surface area contributed by atoms with Crippen LogP contribution in [-0.4, -0.2) is 28.0 Å². The van der Waals surface area contributed by atoms with Crippen molar-refractivity contribution in [3.63, 3.8) is 0 Å². The van der Waals surface area contributed by atoms with Gasteiger partial charge in [-0.2, -0.15) is 0 Å². The fourth-order valence-corrected chi connectivity index (χ4v) is 1.30. The van der Waals surface area contributed by atoms with Crippen LogP contribution >= 0.6 is 0 Å².